The molecule has 0 atom stereocenters. The Hall–Kier alpha value is -3.43. The van der Waals surface area contributed by atoms with Gasteiger partial charge in [-0.15, -0.1) is 21.5 Å². The Bertz CT molecular complexity index is 1410. The molecule has 3 heterocycles. The van der Waals surface area contributed by atoms with Crippen LogP contribution in [0.2, 0.25) is 0 Å². The smallest absolute Gasteiger partial charge is 0.260 e. The Balaban J connectivity index is 1.42. The summed E-state index contributed by atoms with van der Waals surface area (Å²) in [6.07, 6.45) is 1.65. The standard InChI is InChI=1S/C22H17N5O2S2/c1-29-16-9-5-8-15(10-16)27-13-23-26-22(27)31-12-18-24-20(28)19-17(11-30-21(19)25-18)14-6-3-2-4-7-14/h2-11,13H,12H2,1H3,(H,24,25,28). The number of nitrogens with zero attached hydrogens (tertiary/aromatic N) is 4. The fraction of sp³-hybridized carbons (Fsp3) is 0.0909. The molecule has 154 valence electrons. The van der Waals surface area contributed by atoms with Gasteiger partial charge in [-0.1, -0.05) is 48.2 Å². The number of thioether (sulfide) groups is 1. The number of fused-ring (bicyclic) bond motifs is 1. The average Bonchev–Trinajstić information content (AvgIpc) is 3.46. The zero-order valence-corrected chi connectivity index (χ0v) is 18.1. The summed E-state index contributed by atoms with van der Waals surface area (Å²) in [5.74, 6) is 1.82. The van der Waals surface area contributed by atoms with Crippen LogP contribution >= 0.6 is 23.1 Å². The number of hydrogen-bond donors (Lipinski definition) is 1. The predicted octanol–water partition coefficient (Wildman–Crippen LogP) is 4.53. The Morgan fingerprint density at radius 1 is 1.16 bits per heavy atom. The molecule has 0 spiro atoms. The van der Waals surface area contributed by atoms with E-state index in [1.165, 1.54) is 23.1 Å². The summed E-state index contributed by atoms with van der Waals surface area (Å²) in [6.45, 7) is 0. The number of rotatable bonds is 6. The van der Waals surface area contributed by atoms with Gasteiger partial charge >= 0.3 is 0 Å². The summed E-state index contributed by atoms with van der Waals surface area (Å²) < 4.78 is 7.18. The van der Waals surface area contributed by atoms with Crippen molar-refractivity contribution >= 4 is 33.3 Å². The molecule has 9 heteroatoms. The number of aromatic amines is 1. The highest BCUT2D eigenvalue weighted by atomic mass is 32.2. The van der Waals surface area contributed by atoms with Crippen LogP contribution in [0.1, 0.15) is 5.82 Å². The predicted molar refractivity (Wildman–Crippen MR) is 123 cm³/mol. The molecule has 0 fully saturated rings. The minimum atomic E-state index is -0.130. The lowest BCUT2D eigenvalue weighted by Gasteiger charge is -2.08. The first kappa shape index (κ1) is 19.5. The van der Waals surface area contributed by atoms with E-state index in [0.717, 1.165) is 27.4 Å². The number of aromatic nitrogens is 5. The number of thiophene rings is 1. The van der Waals surface area contributed by atoms with Crippen LogP contribution in [0.4, 0.5) is 0 Å². The summed E-state index contributed by atoms with van der Waals surface area (Å²) in [5.41, 5.74) is 2.69. The van der Waals surface area contributed by atoms with E-state index in [9.17, 15) is 4.79 Å². The molecule has 0 aliphatic heterocycles. The van der Waals surface area contributed by atoms with Crippen LogP contribution in [0.15, 0.2) is 76.3 Å². The highest BCUT2D eigenvalue weighted by molar-refractivity contribution is 7.98. The molecule has 1 N–H and O–H groups in total. The molecule has 0 saturated heterocycles. The lowest BCUT2D eigenvalue weighted by molar-refractivity contribution is 0.414. The number of ether oxygens (including phenoxy) is 1. The Morgan fingerprint density at radius 2 is 2.03 bits per heavy atom. The minimum Gasteiger partial charge on any atom is -0.497 e. The Kier molecular flexibility index (Phi) is 5.27. The van der Waals surface area contributed by atoms with Gasteiger partial charge < -0.3 is 9.72 Å². The zero-order chi connectivity index (χ0) is 21.2. The van der Waals surface area contributed by atoms with Gasteiger partial charge in [-0.2, -0.15) is 0 Å². The van der Waals surface area contributed by atoms with Gasteiger partial charge in [0.1, 0.15) is 22.7 Å². The second-order valence-electron chi connectivity index (χ2n) is 6.68. The summed E-state index contributed by atoms with van der Waals surface area (Å²) >= 11 is 2.93. The van der Waals surface area contributed by atoms with Crippen molar-refractivity contribution in [2.24, 2.45) is 0 Å². The maximum atomic E-state index is 12.8. The highest BCUT2D eigenvalue weighted by Crippen LogP contribution is 2.31. The monoisotopic (exact) mass is 447 g/mol. The van der Waals surface area contributed by atoms with Gasteiger partial charge in [0.25, 0.3) is 5.56 Å². The zero-order valence-electron chi connectivity index (χ0n) is 16.5. The maximum absolute atomic E-state index is 12.8. The van der Waals surface area contributed by atoms with Crippen molar-refractivity contribution in [3.05, 3.63) is 82.5 Å². The number of nitrogens with one attached hydrogen (secondary N) is 1. The molecule has 5 rings (SSSR count). The summed E-state index contributed by atoms with van der Waals surface area (Å²) in [6, 6.07) is 17.5. The summed E-state index contributed by atoms with van der Waals surface area (Å²) in [5, 5.41) is 11.6. The van der Waals surface area contributed by atoms with E-state index in [4.69, 9.17) is 4.74 Å². The second-order valence-corrected chi connectivity index (χ2v) is 8.48. The molecule has 0 unspecified atom stereocenters. The van der Waals surface area contributed by atoms with E-state index in [-0.39, 0.29) is 5.56 Å². The topological polar surface area (TPSA) is 85.7 Å². The van der Waals surface area contributed by atoms with E-state index in [0.29, 0.717) is 22.1 Å². The lowest BCUT2D eigenvalue weighted by Crippen LogP contribution is -2.11. The summed E-state index contributed by atoms with van der Waals surface area (Å²) in [4.78, 5) is 21.2. The van der Waals surface area contributed by atoms with Gasteiger partial charge in [0, 0.05) is 17.0 Å². The van der Waals surface area contributed by atoms with E-state index >= 15 is 0 Å². The molecule has 7 nitrogen and oxygen atoms in total. The van der Waals surface area contributed by atoms with Crippen LogP contribution in [0.5, 0.6) is 5.75 Å². The molecule has 3 aromatic heterocycles. The third-order valence-electron chi connectivity index (χ3n) is 4.76. The lowest BCUT2D eigenvalue weighted by atomic mass is 10.1. The molecule has 0 radical (unpaired) electrons. The van der Waals surface area contributed by atoms with E-state index < -0.39 is 0 Å². The van der Waals surface area contributed by atoms with Crippen molar-refractivity contribution in [3.63, 3.8) is 0 Å². The fourth-order valence-corrected chi connectivity index (χ4v) is 5.05. The molecule has 0 amide bonds. The number of H-pyrrole nitrogens is 1. The van der Waals surface area contributed by atoms with Crippen molar-refractivity contribution in [1.82, 2.24) is 24.7 Å². The van der Waals surface area contributed by atoms with Gasteiger partial charge in [-0.05, 0) is 17.7 Å². The quantitative estimate of drug-likeness (QED) is 0.385. The second kappa shape index (κ2) is 8.37. The van der Waals surface area contributed by atoms with Crippen LogP contribution in [0, 0.1) is 0 Å². The molecule has 0 aliphatic rings. The van der Waals surface area contributed by atoms with Gasteiger partial charge in [-0.3, -0.25) is 9.36 Å². The van der Waals surface area contributed by atoms with Crippen molar-refractivity contribution in [2.45, 2.75) is 10.9 Å². The third kappa shape index (κ3) is 3.85. The van der Waals surface area contributed by atoms with Crippen molar-refractivity contribution in [3.8, 4) is 22.6 Å². The Morgan fingerprint density at radius 3 is 2.87 bits per heavy atom. The third-order valence-corrected chi connectivity index (χ3v) is 6.59. The molecular formula is C22H17N5O2S2. The van der Waals surface area contributed by atoms with Crippen LogP contribution in [0.25, 0.3) is 27.0 Å². The SMILES string of the molecule is COc1cccc(-n2cnnc2SCc2nc3scc(-c4ccccc4)c3c(=O)[nH]2)c1. The largest absolute Gasteiger partial charge is 0.497 e. The van der Waals surface area contributed by atoms with Gasteiger partial charge in [0.15, 0.2) is 5.16 Å². The number of hydrogen-bond acceptors (Lipinski definition) is 7. The molecular weight excluding hydrogens is 430 g/mol. The van der Waals surface area contributed by atoms with Crippen LogP contribution in [-0.2, 0) is 5.75 Å². The van der Waals surface area contributed by atoms with Gasteiger partial charge in [0.05, 0.1) is 23.9 Å². The molecule has 0 aliphatic carbocycles. The fourth-order valence-electron chi connectivity index (χ4n) is 3.29. The van der Waals surface area contributed by atoms with Crippen LogP contribution in [0.3, 0.4) is 0 Å². The average molecular weight is 448 g/mol. The van der Waals surface area contributed by atoms with Crippen molar-refractivity contribution in [2.75, 3.05) is 7.11 Å². The van der Waals surface area contributed by atoms with Crippen LogP contribution < -0.4 is 10.3 Å². The molecule has 0 saturated carbocycles. The first-order valence-corrected chi connectivity index (χ1v) is 11.3. The molecule has 31 heavy (non-hydrogen) atoms. The maximum Gasteiger partial charge on any atom is 0.260 e. The normalized spacial score (nSPS) is 11.1. The van der Waals surface area contributed by atoms with E-state index in [1.54, 1.807) is 13.4 Å². The van der Waals surface area contributed by atoms with Crippen molar-refractivity contribution < 1.29 is 4.74 Å². The summed E-state index contributed by atoms with van der Waals surface area (Å²) in [7, 11) is 1.63. The minimum absolute atomic E-state index is 0.130. The van der Waals surface area contributed by atoms with Crippen molar-refractivity contribution in [1.29, 1.82) is 0 Å². The highest BCUT2D eigenvalue weighted by Gasteiger charge is 2.14. The first-order valence-electron chi connectivity index (χ1n) is 9.46. The molecule has 2 aromatic carbocycles. The van der Waals surface area contributed by atoms with Gasteiger partial charge in [-0.25, -0.2) is 4.98 Å². The first-order chi connectivity index (χ1) is 15.2. The van der Waals surface area contributed by atoms with Gasteiger partial charge in [0.2, 0.25) is 0 Å². The Labute approximate surface area is 185 Å². The number of methoxy groups -OCH3 is 1. The molecule has 5 aromatic rings. The number of benzene rings is 2. The van der Waals surface area contributed by atoms with E-state index in [2.05, 4.69) is 20.2 Å². The van der Waals surface area contributed by atoms with Crippen LogP contribution in [-0.4, -0.2) is 31.8 Å². The molecule has 0 bridgehead atoms. The van der Waals surface area contributed by atoms with E-state index in [1.807, 2.05) is 64.5 Å².